The summed E-state index contributed by atoms with van der Waals surface area (Å²) in [6.07, 6.45) is 4.47. The molecule has 2 unspecified atom stereocenters. The zero-order valence-electron chi connectivity index (χ0n) is 13.0. The summed E-state index contributed by atoms with van der Waals surface area (Å²) in [5.74, 6) is 1.42. The van der Waals surface area contributed by atoms with E-state index in [-0.39, 0.29) is 11.5 Å². The maximum absolute atomic E-state index is 11.7. The molecule has 0 bridgehead atoms. The van der Waals surface area contributed by atoms with Crippen molar-refractivity contribution in [2.24, 2.45) is 5.73 Å². The number of rotatable bonds is 1. The van der Waals surface area contributed by atoms with Crippen LogP contribution in [0, 0.1) is 0 Å². The highest BCUT2D eigenvalue weighted by atomic mass is 16.5. The van der Waals surface area contributed by atoms with Gasteiger partial charge in [-0.05, 0) is 18.1 Å². The number of hydrogen-bond acceptors (Lipinski definition) is 4. The van der Waals surface area contributed by atoms with Gasteiger partial charge in [-0.15, -0.1) is 0 Å². The van der Waals surface area contributed by atoms with Crippen LogP contribution < -0.4 is 15.2 Å². The molecule has 1 aromatic rings. The standard InChI is InChI=1S/C17H20N2O4/c1-22-12-3-2-10-9-19(16(18)21)7-6-17-5-4-11(20)8-13(17)23-15(12)14(10)17/h2-5,11,13,20H,6-9H2,1H3,(H2,18,21)/t11?,13-,17?/m1/s1. The van der Waals surface area contributed by atoms with Crippen LogP contribution in [0.25, 0.3) is 0 Å². The van der Waals surface area contributed by atoms with Gasteiger partial charge >= 0.3 is 6.03 Å². The van der Waals surface area contributed by atoms with Crippen LogP contribution in [0.1, 0.15) is 24.0 Å². The van der Waals surface area contributed by atoms with E-state index >= 15 is 0 Å². The second kappa shape index (κ2) is 4.89. The quantitative estimate of drug-likeness (QED) is 0.765. The molecule has 0 saturated carbocycles. The topological polar surface area (TPSA) is 85.0 Å². The number of amides is 2. The summed E-state index contributed by atoms with van der Waals surface area (Å²) in [6.45, 7) is 1.03. The fourth-order valence-corrected chi connectivity index (χ4v) is 4.12. The fraction of sp³-hybridized carbons (Fsp3) is 0.471. The number of aliphatic hydroxyl groups excluding tert-OH is 1. The highest BCUT2D eigenvalue weighted by molar-refractivity contribution is 5.73. The van der Waals surface area contributed by atoms with Crippen LogP contribution in [0.15, 0.2) is 24.3 Å². The van der Waals surface area contributed by atoms with Gasteiger partial charge in [0, 0.05) is 25.1 Å². The lowest BCUT2D eigenvalue weighted by atomic mass is 9.69. The SMILES string of the molecule is COc1ccc2c3c1O[C@@H]1CC(O)C=CC31CCN(C(N)=O)C2. The molecule has 2 aliphatic heterocycles. The molecule has 0 aromatic heterocycles. The van der Waals surface area contributed by atoms with E-state index in [1.807, 2.05) is 24.3 Å². The number of urea groups is 1. The molecule has 0 fully saturated rings. The lowest BCUT2D eigenvalue weighted by molar-refractivity contribution is 0.0823. The fourth-order valence-electron chi connectivity index (χ4n) is 4.12. The molecule has 23 heavy (non-hydrogen) atoms. The van der Waals surface area contributed by atoms with Gasteiger partial charge < -0.3 is 25.2 Å². The first kappa shape index (κ1) is 14.4. The van der Waals surface area contributed by atoms with Crippen molar-refractivity contribution in [2.75, 3.05) is 13.7 Å². The van der Waals surface area contributed by atoms with Crippen LogP contribution in [0.5, 0.6) is 11.5 Å². The smallest absolute Gasteiger partial charge is 0.315 e. The second-order valence-electron chi connectivity index (χ2n) is 6.45. The predicted molar refractivity (Wildman–Crippen MR) is 83.5 cm³/mol. The maximum Gasteiger partial charge on any atom is 0.315 e. The summed E-state index contributed by atoms with van der Waals surface area (Å²) >= 11 is 0. The van der Waals surface area contributed by atoms with Crippen molar-refractivity contribution >= 4 is 6.03 Å². The Morgan fingerprint density at radius 3 is 3.09 bits per heavy atom. The monoisotopic (exact) mass is 316 g/mol. The number of carbonyl (C=O) groups is 1. The Balaban J connectivity index is 1.92. The predicted octanol–water partition coefficient (Wildman–Crippen LogP) is 1.30. The van der Waals surface area contributed by atoms with Crippen molar-refractivity contribution in [3.63, 3.8) is 0 Å². The van der Waals surface area contributed by atoms with Gasteiger partial charge in [0.05, 0.1) is 18.6 Å². The summed E-state index contributed by atoms with van der Waals surface area (Å²) in [7, 11) is 1.62. The molecule has 3 N–H and O–H groups in total. The minimum absolute atomic E-state index is 0.152. The van der Waals surface area contributed by atoms with Gasteiger partial charge in [-0.3, -0.25) is 0 Å². The Bertz CT molecular complexity index is 702. The highest BCUT2D eigenvalue weighted by Gasteiger charge is 2.53. The summed E-state index contributed by atoms with van der Waals surface area (Å²) in [5, 5.41) is 9.99. The van der Waals surface area contributed by atoms with Crippen molar-refractivity contribution in [1.82, 2.24) is 4.90 Å². The minimum Gasteiger partial charge on any atom is -0.493 e. The number of aliphatic hydroxyl groups is 1. The normalized spacial score (nSPS) is 31.0. The minimum atomic E-state index is -0.509. The van der Waals surface area contributed by atoms with E-state index in [4.69, 9.17) is 15.2 Å². The molecule has 122 valence electrons. The highest BCUT2D eigenvalue weighted by Crippen LogP contribution is 2.55. The number of nitrogens with zero attached hydrogens (tertiary/aromatic N) is 1. The molecule has 3 aliphatic rings. The first-order valence-electron chi connectivity index (χ1n) is 7.84. The van der Waals surface area contributed by atoms with Crippen LogP contribution in [0.2, 0.25) is 0 Å². The number of carbonyl (C=O) groups excluding carboxylic acids is 1. The van der Waals surface area contributed by atoms with Gasteiger partial charge in [0.2, 0.25) is 0 Å². The van der Waals surface area contributed by atoms with Crippen molar-refractivity contribution in [3.8, 4) is 11.5 Å². The van der Waals surface area contributed by atoms with Gasteiger partial charge in [-0.2, -0.15) is 0 Å². The third-order valence-corrected chi connectivity index (χ3v) is 5.27. The first-order chi connectivity index (χ1) is 11.0. The summed E-state index contributed by atoms with van der Waals surface area (Å²) in [6, 6.07) is 3.43. The van der Waals surface area contributed by atoms with Gasteiger partial charge in [0.25, 0.3) is 0 Å². The largest absolute Gasteiger partial charge is 0.493 e. The molecule has 0 saturated heterocycles. The van der Waals surface area contributed by atoms with Crippen LogP contribution in [-0.2, 0) is 12.0 Å². The van der Waals surface area contributed by atoms with Gasteiger partial charge in [-0.1, -0.05) is 18.2 Å². The first-order valence-corrected chi connectivity index (χ1v) is 7.84. The average Bonchev–Trinajstić information content (AvgIpc) is 2.75. The molecule has 2 amide bonds. The van der Waals surface area contributed by atoms with Crippen molar-refractivity contribution in [2.45, 2.75) is 37.0 Å². The molecule has 0 radical (unpaired) electrons. The van der Waals surface area contributed by atoms with Gasteiger partial charge in [0.15, 0.2) is 11.5 Å². The zero-order chi connectivity index (χ0) is 16.2. The molecule has 6 heteroatoms. The molecule has 1 aliphatic carbocycles. The van der Waals surface area contributed by atoms with E-state index in [1.54, 1.807) is 12.0 Å². The van der Waals surface area contributed by atoms with Crippen LogP contribution in [0.3, 0.4) is 0 Å². The maximum atomic E-state index is 11.7. The molecular weight excluding hydrogens is 296 g/mol. The van der Waals surface area contributed by atoms with E-state index in [1.165, 1.54) is 0 Å². The number of benzene rings is 1. The van der Waals surface area contributed by atoms with Crippen molar-refractivity contribution in [1.29, 1.82) is 0 Å². The van der Waals surface area contributed by atoms with Gasteiger partial charge in [0.1, 0.15) is 6.10 Å². The Kier molecular flexibility index (Phi) is 3.06. The molecular formula is C17H20N2O4. The molecule has 3 atom stereocenters. The average molecular weight is 316 g/mol. The number of ether oxygens (including phenoxy) is 2. The van der Waals surface area contributed by atoms with E-state index in [9.17, 15) is 9.90 Å². The lowest BCUT2D eigenvalue weighted by Crippen LogP contribution is -2.43. The number of methoxy groups -OCH3 is 1. The summed E-state index contributed by atoms with van der Waals surface area (Å²) in [5.41, 5.74) is 7.29. The number of nitrogens with two attached hydrogens (primary N) is 1. The van der Waals surface area contributed by atoms with E-state index in [0.29, 0.717) is 25.3 Å². The van der Waals surface area contributed by atoms with Crippen LogP contribution in [-0.4, -0.2) is 41.9 Å². The molecule has 1 spiro atoms. The Hall–Kier alpha value is -2.21. The van der Waals surface area contributed by atoms with E-state index < -0.39 is 12.1 Å². The van der Waals surface area contributed by atoms with Gasteiger partial charge in [-0.25, -0.2) is 4.79 Å². The van der Waals surface area contributed by atoms with Crippen molar-refractivity contribution in [3.05, 3.63) is 35.4 Å². The van der Waals surface area contributed by atoms with Crippen molar-refractivity contribution < 1.29 is 19.4 Å². The zero-order valence-corrected chi connectivity index (χ0v) is 13.0. The third-order valence-electron chi connectivity index (χ3n) is 5.27. The Morgan fingerprint density at radius 2 is 2.35 bits per heavy atom. The van der Waals surface area contributed by atoms with Crippen LogP contribution in [0.4, 0.5) is 4.79 Å². The number of primary amides is 1. The Morgan fingerprint density at radius 1 is 1.52 bits per heavy atom. The van der Waals surface area contributed by atoms with E-state index in [0.717, 1.165) is 23.3 Å². The Labute approximate surface area is 134 Å². The molecule has 2 heterocycles. The molecule has 1 aromatic carbocycles. The summed E-state index contributed by atoms with van der Waals surface area (Å²) < 4.78 is 11.7. The van der Waals surface area contributed by atoms with Crippen LogP contribution >= 0.6 is 0 Å². The summed E-state index contributed by atoms with van der Waals surface area (Å²) in [4.78, 5) is 13.4. The molecule has 6 nitrogen and oxygen atoms in total. The second-order valence-corrected chi connectivity index (χ2v) is 6.45. The number of hydrogen-bond donors (Lipinski definition) is 2. The lowest BCUT2D eigenvalue weighted by Gasteiger charge is -2.35. The third kappa shape index (κ3) is 1.94. The molecule has 4 rings (SSSR count). The van der Waals surface area contributed by atoms with E-state index in [2.05, 4.69) is 0 Å².